The number of carbonyl (C=O) groups is 2. The minimum atomic E-state index is -0.945. The molecule has 1 amide bonds. The first-order valence-corrected chi connectivity index (χ1v) is 6.96. The lowest BCUT2D eigenvalue weighted by atomic mass is 10.0. The van der Waals surface area contributed by atoms with Crippen molar-refractivity contribution >= 4 is 39.4 Å². The Hall–Kier alpha value is -1.07. The molecule has 19 heavy (non-hydrogen) atoms. The van der Waals surface area contributed by atoms with Crippen molar-refractivity contribution in [2.24, 2.45) is 5.92 Å². The molecule has 6 heteroatoms. The topological polar surface area (TPSA) is 66.4 Å². The number of carboxylic acids is 1. The predicted octanol–water partition coefficient (Wildman–Crippen LogP) is 3.33. The summed E-state index contributed by atoms with van der Waals surface area (Å²) in [6.45, 7) is 3.72. The molecule has 0 saturated carbocycles. The molecular formula is C13H15BrClNO3. The summed E-state index contributed by atoms with van der Waals surface area (Å²) in [6, 6.07) is 4.52. The van der Waals surface area contributed by atoms with E-state index in [1.807, 2.05) is 13.8 Å². The lowest BCUT2D eigenvalue weighted by molar-refractivity contribution is -0.137. The Labute approximate surface area is 125 Å². The zero-order chi connectivity index (χ0) is 14.6. The number of nitrogens with one attached hydrogen (secondary N) is 1. The Balaban J connectivity index is 2.87. The molecule has 4 nitrogen and oxygen atoms in total. The predicted molar refractivity (Wildman–Crippen MR) is 77.5 cm³/mol. The maximum absolute atomic E-state index is 12.1. The van der Waals surface area contributed by atoms with Crippen LogP contribution >= 0.6 is 27.5 Å². The van der Waals surface area contributed by atoms with Crippen molar-refractivity contribution in [3.8, 4) is 0 Å². The van der Waals surface area contributed by atoms with E-state index in [4.69, 9.17) is 16.7 Å². The summed E-state index contributed by atoms with van der Waals surface area (Å²) < 4.78 is 0.737. The maximum atomic E-state index is 12.1. The molecule has 1 unspecified atom stereocenters. The largest absolute Gasteiger partial charge is 0.481 e. The third-order valence-corrected chi connectivity index (χ3v) is 3.51. The minimum absolute atomic E-state index is 0.0194. The van der Waals surface area contributed by atoms with E-state index in [-0.39, 0.29) is 18.2 Å². The molecule has 1 rings (SSSR count). The summed E-state index contributed by atoms with van der Waals surface area (Å²) in [5.74, 6) is -1.29. The second-order valence-electron chi connectivity index (χ2n) is 4.55. The standard InChI is InChI=1S/C13H15BrClNO3/c1-7(2)11(6-12(17)18)16-13(19)9-5-8(14)3-4-10(9)15/h3-5,7,11H,6H2,1-2H3,(H,16,19)(H,17,18). The van der Waals surface area contributed by atoms with Gasteiger partial charge in [-0.2, -0.15) is 0 Å². The Morgan fingerprint density at radius 1 is 1.42 bits per heavy atom. The van der Waals surface area contributed by atoms with Gasteiger partial charge in [0.05, 0.1) is 17.0 Å². The molecule has 0 aliphatic heterocycles. The second-order valence-corrected chi connectivity index (χ2v) is 5.87. The summed E-state index contributed by atoms with van der Waals surface area (Å²) >= 11 is 9.23. The van der Waals surface area contributed by atoms with Gasteiger partial charge >= 0.3 is 5.97 Å². The van der Waals surface area contributed by atoms with Gasteiger partial charge in [-0.25, -0.2) is 0 Å². The van der Waals surface area contributed by atoms with Crippen LogP contribution in [0, 0.1) is 5.92 Å². The number of halogens is 2. The quantitative estimate of drug-likeness (QED) is 0.857. The molecule has 0 heterocycles. The molecule has 0 radical (unpaired) electrons. The van der Waals surface area contributed by atoms with Crippen molar-refractivity contribution in [3.05, 3.63) is 33.3 Å². The zero-order valence-electron chi connectivity index (χ0n) is 10.6. The van der Waals surface area contributed by atoms with E-state index in [0.717, 1.165) is 4.47 Å². The first kappa shape index (κ1) is 16.0. The van der Waals surface area contributed by atoms with Crippen molar-refractivity contribution < 1.29 is 14.7 Å². The molecule has 0 aliphatic carbocycles. The van der Waals surface area contributed by atoms with E-state index < -0.39 is 12.0 Å². The summed E-state index contributed by atoms with van der Waals surface area (Å²) in [5, 5.41) is 11.9. The third-order valence-electron chi connectivity index (χ3n) is 2.69. The minimum Gasteiger partial charge on any atom is -0.481 e. The molecule has 104 valence electrons. The average Bonchev–Trinajstić information content (AvgIpc) is 2.30. The summed E-state index contributed by atoms with van der Waals surface area (Å²) in [4.78, 5) is 22.9. The van der Waals surface area contributed by atoms with Crippen LogP contribution in [0.15, 0.2) is 22.7 Å². The number of carboxylic acid groups (broad SMARTS) is 1. The highest BCUT2D eigenvalue weighted by atomic mass is 79.9. The van der Waals surface area contributed by atoms with Crippen molar-refractivity contribution in [2.45, 2.75) is 26.3 Å². The van der Waals surface area contributed by atoms with Gasteiger partial charge in [-0.1, -0.05) is 41.4 Å². The van der Waals surface area contributed by atoms with Crippen molar-refractivity contribution in [3.63, 3.8) is 0 Å². The third kappa shape index (κ3) is 4.84. The van der Waals surface area contributed by atoms with Crippen LogP contribution in [0.3, 0.4) is 0 Å². The molecule has 0 aliphatic rings. The first-order valence-electron chi connectivity index (χ1n) is 5.79. The van der Waals surface area contributed by atoms with Gasteiger partial charge in [-0.15, -0.1) is 0 Å². The van der Waals surface area contributed by atoms with E-state index in [0.29, 0.717) is 10.6 Å². The highest BCUT2D eigenvalue weighted by Crippen LogP contribution is 2.21. The fraction of sp³-hybridized carbons (Fsp3) is 0.385. The number of rotatable bonds is 5. The lowest BCUT2D eigenvalue weighted by Gasteiger charge is -2.21. The zero-order valence-corrected chi connectivity index (χ0v) is 13.0. The van der Waals surface area contributed by atoms with Crippen LogP contribution < -0.4 is 5.32 Å². The van der Waals surface area contributed by atoms with Crippen LogP contribution in [0.5, 0.6) is 0 Å². The number of benzene rings is 1. The monoisotopic (exact) mass is 347 g/mol. The fourth-order valence-corrected chi connectivity index (χ4v) is 2.12. The molecule has 0 bridgehead atoms. The van der Waals surface area contributed by atoms with Crippen molar-refractivity contribution in [1.82, 2.24) is 5.32 Å². The fourth-order valence-electron chi connectivity index (χ4n) is 1.56. The van der Waals surface area contributed by atoms with Gasteiger partial charge in [0.25, 0.3) is 5.91 Å². The number of aliphatic carboxylic acids is 1. The molecule has 2 N–H and O–H groups in total. The highest BCUT2D eigenvalue weighted by molar-refractivity contribution is 9.10. The van der Waals surface area contributed by atoms with E-state index in [1.54, 1.807) is 18.2 Å². The molecule has 0 saturated heterocycles. The molecule has 0 spiro atoms. The Morgan fingerprint density at radius 3 is 2.58 bits per heavy atom. The van der Waals surface area contributed by atoms with Gasteiger partial charge in [0, 0.05) is 10.5 Å². The Morgan fingerprint density at radius 2 is 2.05 bits per heavy atom. The number of hydrogen-bond donors (Lipinski definition) is 2. The van der Waals surface area contributed by atoms with Gasteiger partial charge in [0.15, 0.2) is 0 Å². The van der Waals surface area contributed by atoms with Gasteiger partial charge in [0.2, 0.25) is 0 Å². The maximum Gasteiger partial charge on any atom is 0.305 e. The summed E-state index contributed by atoms with van der Waals surface area (Å²) in [7, 11) is 0. The van der Waals surface area contributed by atoms with Crippen LogP contribution in [0.2, 0.25) is 5.02 Å². The smallest absolute Gasteiger partial charge is 0.305 e. The first-order chi connectivity index (χ1) is 8.81. The van der Waals surface area contributed by atoms with Crippen LogP contribution in [0.4, 0.5) is 0 Å². The average molecular weight is 349 g/mol. The van der Waals surface area contributed by atoms with E-state index in [2.05, 4.69) is 21.2 Å². The van der Waals surface area contributed by atoms with Gasteiger partial charge in [-0.05, 0) is 24.1 Å². The molecule has 1 atom stereocenters. The number of carbonyl (C=O) groups excluding carboxylic acids is 1. The van der Waals surface area contributed by atoms with Crippen LogP contribution in [-0.4, -0.2) is 23.0 Å². The van der Waals surface area contributed by atoms with E-state index in [1.165, 1.54) is 0 Å². The molecule has 1 aromatic rings. The van der Waals surface area contributed by atoms with Gasteiger partial charge in [-0.3, -0.25) is 9.59 Å². The van der Waals surface area contributed by atoms with Crippen LogP contribution in [0.25, 0.3) is 0 Å². The Bertz CT molecular complexity index is 491. The Kier molecular flexibility index (Phi) is 5.82. The summed E-state index contributed by atoms with van der Waals surface area (Å²) in [6.07, 6.45) is -0.116. The highest BCUT2D eigenvalue weighted by Gasteiger charge is 2.21. The van der Waals surface area contributed by atoms with Gasteiger partial charge in [0.1, 0.15) is 0 Å². The second kappa shape index (κ2) is 6.91. The summed E-state index contributed by atoms with van der Waals surface area (Å²) in [5.41, 5.74) is 0.326. The van der Waals surface area contributed by atoms with Crippen molar-refractivity contribution in [1.29, 1.82) is 0 Å². The van der Waals surface area contributed by atoms with E-state index >= 15 is 0 Å². The molecule has 0 fully saturated rings. The number of hydrogen-bond acceptors (Lipinski definition) is 2. The van der Waals surface area contributed by atoms with E-state index in [9.17, 15) is 9.59 Å². The molecule has 0 aromatic heterocycles. The van der Waals surface area contributed by atoms with Crippen LogP contribution in [0.1, 0.15) is 30.6 Å². The molecular weight excluding hydrogens is 334 g/mol. The normalized spacial score (nSPS) is 12.3. The van der Waals surface area contributed by atoms with Crippen LogP contribution in [-0.2, 0) is 4.79 Å². The lowest BCUT2D eigenvalue weighted by Crippen LogP contribution is -2.40. The number of amides is 1. The SMILES string of the molecule is CC(C)C(CC(=O)O)NC(=O)c1cc(Br)ccc1Cl. The van der Waals surface area contributed by atoms with Gasteiger partial charge < -0.3 is 10.4 Å². The molecule has 1 aromatic carbocycles. The van der Waals surface area contributed by atoms with Crippen molar-refractivity contribution in [2.75, 3.05) is 0 Å².